The van der Waals surface area contributed by atoms with E-state index < -0.39 is 17.6 Å². The Morgan fingerprint density at radius 2 is 2.18 bits per heavy atom. The first-order valence-electron chi connectivity index (χ1n) is 6.36. The van der Waals surface area contributed by atoms with Crippen LogP contribution in [0.5, 0.6) is 0 Å². The zero-order chi connectivity index (χ0) is 16.3. The molecule has 2 rings (SSSR count). The predicted molar refractivity (Wildman–Crippen MR) is 79.7 cm³/mol. The van der Waals surface area contributed by atoms with E-state index in [-0.39, 0.29) is 11.6 Å². The number of anilines is 1. The zero-order valence-corrected chi connectivity index (χ0v) is 12.8. The number of hydrogen-bond acceptors (Lipinski definition) is 3. The highest BCUT2D eigenvalue weighted by molar-refractivity contribution is 6.39. The Morgan fingerprint density at radius 1 is 1.45 bits per heavy atom. The number of aromatic nitrogens is 2. The number of benzene rings is 1. The molecule has 0 saturated carbocycles. The summed E-state index contributed by atoms with van der Waals surface area (Å²) in [5.74, 6) is -2.09. The molecule has 116 valence electrons. The van der Waals surface area contributed by atoms with Crippen molar-refractivity contribution < 1.29 is 14.0 Å². The molecule has 1 N–H and O–H groups in total. The molecule has 0 bridgehead atoms. The Balaban J connectivity index is 1.98. The second kappa shape index (κ2) is 6.57. The van der Waals surface area contributed by atoms with Crippen LogP contribution in [0.2, 0.25) is 5.02 Å². The molecule has 1 aromatic heterocycles. The van der Waals surface area contributed by atoms with E-state index in [1.54, 1.807) is 19.3 Å². The number of halogens is 2. The molecule has 2 amide bonds. The minimum Gasteiger partial charge on any atom is -0.333 e. The standard InChI is InChI=1S/C14H14ClFN4O2/c1-19(7-9-3-4-11(15)12(16)5-9)14(22)13(21)18-10-6-17-20(2)8-10/h3-6,8H,7H2,1-2H3,(H,18,21). The van der Waals surface area contributed by atoms with Gasteiger partial charge in [-0.05, 0) is 17.7 Å². The molecule has 22 heavy (non-hydrogen) atoms. The van der Waals surface area contributed by atoms with Crippen LogP contribution in [0, 0.1) is 5.82 Å². The van der Waals surface area contributed by atoms with Crippen LogP contribution in [0.1, 0.15) is 5.56 Å². The maximum Gasteiger partial charge on any atom is 0.313 e. The third kappa shape index (κ3) is 3.82. The van der Waals surface area contributed by atoms with E-state index in [9.17, 15) is 14.0 Å². The lowest BCUT2D eigenvalue weighted by atomic mass is 10.2. The van der Waals surface area contributed by atoms with Gasteiger partial charge in [-0.3, -0.25) is 14.3 Å². The molecule has 0 fully saturated rings. The molecule has 1 aromatic carbocycles. The van der Waals surface area contributed by atoms with Crippen LogP contribution in [0.4, 0.5) is 10.1 Å². The zero-order valence-electron chi connectivity index (χ0n) is 12.0. The molecule has 8 heteroatoms. The third-order valence-corrected chi connectivity index (χ3v) is 3.21. The summed E-state index contributed by atoms with van der Waals surface area (Å²) >= 11 is 5.59. The normalized spacial score (nSPS) is 10.4. The summed E-state index contributed by atoms with van der Waals surface area (Å²) in [6.45, 7) is 0.0907. The van der Waals surface area contributed by atoms with Gasteiger partial charge in [0.2, 0.25) is 0 Å². The molecule has 0 radical (unpaired) electrons. The van der Waals surface area contributed by atoms with Gasteiger partial charge in [0.05, 0.1) is 16.9 Å². The largest absolute Gasteiger partial charge is 0.333 e. The summed E-state index contributed by atoms with van der Waals surface area (Å²) in [7, 11) is 3.15. The number of carbonyl (C=O) groups is 2. The summed E-state index contributed by atoms with van der Waals surface area (Å²) in [5, 5.41) is 6.33. The van der Waals surface area contributed by atoms with Gasteiger partial charge >= 0.3 is 11.8 Å². The number of nitrogens with one attached hydrogen (secondary N) is 1. The van der Waals surface area contributed by atoms with Gasteiger partial charge in [0, 0.05) is 26.8 Å². The van der Waals surface area contributed by atoms with Gasteiger partial charge in [-0.1, -0.05) is 17.7 Å². The summed E-state index contributed by atoms with van der Waals surface area (Å²) in [5.41, 5.74) is 0.957. The molecule has 0 spiro atoms. The van der Waals surface area contributed by atoms with E-state index in [0.29, 0.717) is 11.3 Å². The van der Waals surface area contributed by atoms with Crippen molar-refractivity contribution in [2.75, 3.05) is 12.4 Å². The van der Waals surface area contributed by atoms with Gasteiger partial charge < -0.3 is 10.2 Å². The van der Waals surface area contributed by atoms with E-state index in [2.05, 4.69) is 10.4 Å². The van der Waals surface area contributed by atoms with Crippen molar-refractivity contribution in [1.29, 1.82) is 0 Å². The van der Waals surface area contributed by atoms with Gasteiger partial charge in [0.25, 0.3) is 0 Å². The average Bonchev–Trinajstić information content (AvgIpc) is 2.87. The summed E-state index contributed by atoms with van der Waals surface area (Å²) in [6, 6.07) is 4.22. The quantitative estimate of drug-likeness (QED) is 0.876. The molecule has 2 aromatic rings. The maximum atomic E-state index is 13.4. The molecule has 6 nitrogen and oxygen atoms in total. The molecular weight excluding hydrogens is 311 g/mol. The van der Waals surface area contributed by atoms with Crippen LogP contribution in [0.15, 0.2) is 30.6 Å². The Labute approximate surface area is 131 Å². The average molecular weight is 325 g/mol. The lowest BCUT2D eigenvalue weighted by Gasteiger charge is -2.16. The SMILES string of the molecule is CN(Cc1ccc(Cl)c(F)c1)C(=O)C(=O)Nc1cnn(C)c1. The van der Waals surface area contributed by atoms with Crippen LogP contribution in [-0.2, 0) is 23.2 Å². The lowest BCUT2D eigenvalue weighted by Crippen LogP contribution is -2.36. The number of rotatable bonds is 3. The smallest absolute Gasteiger partial charge is 0.313 e. The van der Waals surface area contributed by atoms with Gasteiger partial charge in [-0.2, -0.15) is 5.10 Å². The molecule has 0 aliphatic carbocycles. The van der Waals surface area contributed by atoms with Crippen molar-refractivity contribution in [3.63, 3.8) is 0 Å². The minimum absolute atomic E-state index is 0.00653. The molecular formula is C14H14ClFN4O2. The van der Waals surface area contributed by atoms with Crippen molar-refractivity contribution in [2.45, 2.75) is 6.54 Å². The van der Waals surface area contributed by atoms with E-state index in [4.69, 9.17) is 11.6 Å². The van der Waals surface area contributed by atoms with Crippen LogP contribution in [0.3, 0.4) is 0 Å². The number of likely N-dealkylation sites (N-methyl/N-ethyl adjacent to an activating group) is 1. The van der Waals surface area contributed by atoms with Crippen molar-refractivity contribution >= 4 is 29.1 Å². The number of hydrogen-bond donors (Lipinski definition) is 1. The van der Waals surface area contributed by atoms with E-state index in [0.717, 1.165) is 0 Å². The Bertz CT molecular complexity index is 717. The monoisotopic (exact) mass is 324 g/mol. The van der Waals surface area contributed by atoms with E-state index in [1.807, 2.05) is 0 Å². The highest BCUT2D eigenvalue weighted by atomic mass is 35.5. The first kappa shape index (κ1) is 16.0. The number of carbonyl (C=O) groups excluding carboxylic acids is 2. The molecule has 0 unspecified atom stereocenters. The maximum absolute atomic E-state index is 13.4. The van der Waals surface area contributed by atoms with Crippen molar-refractivity contribution in [1.82, 2.24) is 14.7 Å². The first-order valence-corrected chi connectivity index (χ1v) is 6.73. The Morgan fingerprint density at radius 3 is 2.77 bits per heavy atom. The van der Waals surface area contributed by atoms with Crippen molar-refractivity contribution in [3.8, 4) is 0 Å². The third-order valence-electron chi connectivity index (χ3n) is 2.91. The second-order valence-corrected chi connectivity index (χ2v) is 5.17. The fourth-order valence-electron chi connectivity index (χ4n) is 1.83. The first-order chi connectivity index (χ1) is 10.4. The van der Waals surface area contributed by atoms with Gasteiger partial charge in [0.15, 0.2) is 0 Å². The lowest BCUT2D eigenvalue weighted by molar-refractivity contribution is -0.142. The van der Waals surface area contributed by atoms with Crippen molar-refractivity contribution in [2.24, 2.45) is 7.05 Å². The van der Waals surface area contributed by atoms with Gasteiger partial charge in [-0.15, -0.1) is 0 Å². The fraction of sp³-hybridized carbons (Fsp3) is 0.214. The van der Waals surface area contributed by atoms with Crippen LogP contribution < -0.4 is 5.32 Å². The number of aryl methyl sites for hydroxylation is 1. The van der Waals surface area contributed by atoms with Crippen LogP contribution in [-0.4, -0.2) is 33.5 Å². The molecule has 1 heterocycles. The molecule has 0 atom stereocenters. The van der Waals surface area contributed by atoms with Crippen LogP contribution in [0.25, 0.3) is 0 Å². The fourth-order valence-corrected chi connectivity index (χ4v) is 1.94. The highest BCUT2D eigenvalue weighted by Crippen LogP contribution is 2.16. The highest BCUT2D eigenvalue weighted by Gasteiger charge is 2.19. The number of nitrogens with zero attached hydrogens (tertiary/aromatic N) is 3. The summed E-state index contributed by atoms with van der Waals surface area (Å²) < 4.78 is 14.9. The van der Waals surface area contributed by atoms with Gasteiger partial charge in [-0.25, -0.2) is 4.39 Å². The molecule has 0 aliphatic rings. The predicted octanol–water partition coefficient (Wildman–Crippen LogP) is 1.81. The summed E-state index contributed by atoms with van der Waals surface area (Å²) in [4.78, 5) is 25.0. The minimum atomic E-state index is -0.787. The Kier molecular flexibility index (Phi) is 4.77. The second-order valence-electron chi connectivity index (χ2n) is 4.77. The molecule has 0 aliphatic heterocycles. The Hall–Kier alpha value is -2.41. The topological polar surface area (TPSA) is 67.2 Å². The van der Waals surface area contributed by atoms with E-state index in [1.165, 1.54) is 35.0 Å². The molecule has 0 saturated heterocycles. The number of amides is 2. The van der Waals surface area contributed by atoms with E-state index >= 15 is 0 Å². The van der Waals surface area contributed by atoms with Gasteiger partial charge in [0.1, 0.15) is 5.82 Å². The summed E-state index contributed by atoms with van der Waals surface area (Å²) in [6.07, 6.45) is 3.00. The van der Waals surface area contributed by atoms with Crippen molar-refractivity contribution in [3.05, 3.63) is 47.0 Å². The van der Waals surface area contributed by atoms with Crippen LogP contribution >= 0.6 is 11.6 Å².